The number of ether oxygens (including phenoxy) is 1. The fraction of sp³-hybridized carbons (Fsp3) is 0.731. The Morgan fingerprint density at radius 3 is 1.82 bits per heavy atom. The highest BCUT2D eigenvalue weighted by atomic mass is 16.5. The van der Waals surface area contributed by atoms with Crippen molar-refractivity contribution in [1.82, 2.24) is 0 Å². The summed E-state index contributed by atoms with van der Waals surface area (Å²) in [5.41, 5.74) is 6.74. The van der Waals surface area contributed by atoms with E-state index in [4.69, 9.17) is 4.74 Å². The average molecular weight is 385 g/mol. The lowest BCUT2D eigenvalue weighted by molar-refractivity contribution is -0.135. The third-order valence-electron chi connectivity index (χ3n) is 7.53. The molecule has 0 heterocycles. The molecule has 1 aromatic carbocycles. The van der Waals surface area contributed by atoms with Crippen LogP contribution in [0.2, 0.25) is 0 Å². The van der Waals surface area contributed by atoms with Gasteiger partial charge in [0.15, 0.2) is 0 Å². The van der Waals surface area contributed by atoms with E-state index in [9.17, 15) is 4.79 Å². The molecule has 2 aliphatic rings. The van der Waals surface area contributed by atoms with Crippen LogP contribution in [0, 0.1) is 19.3 Å². The molecular formula is C26H40O2. The maximum absolute atomic E-state index is 10.5. The number of benzene rings is 1. The number of carbonyl (C=O) groups excluding carboxylic acids is 1. The van der Waals surface area contributed by atoms with Crippen LogP contribution in [0.4, 0.5) is 0 Å². The van der Waals surface area contributed by atoms with Gasteiger partial charge >= 0.3 is 0 Å². The molecule has 0 radical (unpaired) electrons. The first kappa shape index (κ1) is 21.4. The topological polar surface area (TPSA) is 26.3 Å². The number of unbranched alkanes of at least 4 members (excludes halogenated alkanes) is 4. The predicted molar refractivity (Wildman–Crippen MR) is 117 cm³/mol. The van der Waals surface area contributed by atoms with Gasteiger partial charge in [0, 0.05) is 0 Å². The molecule has 0 amide bonds. The van der Waals surface area contributed by atoms with Crippen molar-refractivity contribution in [2.45, 2.75) is 116 Å². The smallest absolute Gasteiger partial charge is 0.293 e. The van der Waals surface area contributed by atoms with Crippen LogP contribution in [0.25, 0.3) is 0 Å². The van der Waals surface area contributed by atoms with Crippen molar-refractivity contribution < 1.29 is 9.53 Å². The Morgan fingerprint density at radius 1 is 0.821 bits per heavy atom. The van der Waals surface area contributed by atoms with Gasteiger partial charge in [0.2, 0.25) is 0 Å². The zero-order chi connectivity index (χ0) is 20.0. The second-order valence-corrected chi connectivity index (χ2v) is 9.96. The summed E-state index contributed by atoms with van der Waals surface area (Å²) in [6, 6.07) is 4.76. The van der Waals surface area contributed by atoms with E-state index < -0.39 is 0 Å². The van der Waals surface area contributed by atoms with Crippen molar-refractivity contribution in [3.8, 4) is 0 Å². The van der Waals surface area contributed by atoms with E-state index in [-0.39, 0.29) is 5.60 Å². The lowest BCUT2D eigenvalue weighted by Crippen LogP contribution is -2.12. The van der Waals surface area contributed by atoms with Crippen molar-refractivity contribution in [3.05, 3.63) is 34.4 Å². The molecule has 2 saturated carbocycles. The minimum atomic E-state index is -0.0771. The minimum absolute atomic E-state index is 0.0771. The molecule has 156 valence electrons. The van der Waals surface area contributed by atoms with Crippen LogP contribution in [0.3, 0.4) is 0 Å². The van der Waals surface area contributed by atoms with Crippen LogP contribution < -0.4 is 0 Å². The molecule has 0 bridgehead atoms. The Labute approximate surface area is 172 Å². The molecule has 2 nitrogen and oxygen atoms in total. The highest BCUT2D eigenvalue weighted by molar-refractivity contribution is 5.40. The van der Waals surface area contributed by atoms with Gasteiger partial charge in [0.1, 0.15) is 5.60 Å². The van der Waals surface area contributed by atoms with Crippen LogP contribution in [-0.2, 0) is 22.4 Å². The molecule has 0 unspecified atom stereocenters. The summed E-state index contributed by atoms with van der Waals surface area (Å²) in [6.45, 7) is 7.70. The lowest BCUT2D eigenvalue weighted by Gasteiger charge is -2.15. The molecule has 0 spiro atoms. The Bertz CT molecular complexity index is 653. The van der Waals surface area contributed by atoms with E-state index in [1.165, 1.54) is 87.3 Å². The van der Waals surface area contributed by atoms with Gasteiger partial charge in [-0.1, -0.05) is 38.3 Å². The Hall–Kier alpha value is -1.31. The van der Waals surface area contributed by atoms with Gasteiger partial charge in [0.25, 0.3) is 6.47 Å². The lowest BCUT2D eigenvalue weighted by atomic mass is 9.92. The second kappa shape index (κ2) is 9.46. The molecular weight excluding hydrogens is 344 g/mol. The quantitative estimate of drug-likeness (QED) is 0.254. The van der Waals surface area contributed by atoms with Gasteiger partial charge in [-0.05, 0) is 112 Å². The maximum Gasteiger partial charge on any atom is 0.293 e. The van der Waals surface area contributed by atoms with Gasteiger partial charge < -0.3 is 4.74 Å². The Balaban J connectivity index is 1.35. The normalized spacial score (nSPS) is 18.7. The number of hydrogen-bond acceptors (Lipinski definition) is 2. The van der Waals surface area contributed by atoms with E-state index in [1.807, 2.05) is 0 Å². The van der Waals surface area contributed by atoms with Crippen LogP contribution in [0.5, 0.6) is 0 Å². The summed E-state index contributed by atoms with van der Waals surface area (Å²) in [5, 5.41) is 0. The molecule has 3 rings (SSSR count). The summed E-state index contributed by atoms with van der Waals surface area (Å²) in [6.07, 6.45) is 17.7. The minimum Gasteiger partial charge on any atom is -0.461 e. The molecule has 1 aromatic rings. The third kappa shape index (κ3) is 6.09. The van der Waals surface area contributed by atoms with Crippen LogP contribution in [0.1, 0.15) is 106 Å². The molecule has 28 heavy (non-hydrogen) atoms. The van der Waals surface area contributed by atoms with Gasteiger partial charge in [-0.15, -0.1) is 0 Å². The zero-order valence-corrected chi connectivity index (χ0v) is 18.4. The molecule has 2 aliphatic carbocycles. The highest BCUT2D eigenvalue weighted by Crippen LogP contribution is 2.49. The summed E-state index contributed by atoms with van der Waals surface area (Å²) in [7, 11) is 0. The SMILES string of the molecule is Cc1c(CCCCCC2(C)CC2)ccc(CCCCCC2(OC=O)CC2)c1C. The standard InChI is InChI=1S/C26H40O2/c1-21-22(2)24(11-7-5-9-15-26(18-19-26)28-20-27)13-12-23(21)10-6-4-8-14-25(3)16-17-25/h12-13,20H,4-11,14-19H2,1-3H3. The maximum atomic E-state index is 10.5. The van der Waals surface area contributed by atoms with Crippen LogP contribution >= 0.6 is 0 Å². The predicted octanol–water partition coefficient (Wildman–Crippen LogP) is 7.01. The Kier molecular flexibility index (Phi) is 7.23. The van der Waals surface area contributed by atoms with Crippen molar-refractivity contribution in [2.24, 2.45) is 5.41 Å². The van der Waals surface area contributed by atoms with E-state index in [2.05, 4.69) is 32.9 Å². The molecule has 2 heteroatoms. The summed E-state index contributed by atoms with van der Waals surface area (Å²) in [4.78, 5) is 10.5. The average Bonchev–Trinajstić information content (AvgIpc) is 3.59. The van der Waals surface area contributed by atoms with E-state index in [0.717, 1.165) is 24.7 Å². The summed E-state index contributed by atoms with van der Waals surface area (Å²) < 4.78 is 5.24. The zero-order valence-electron chi connectivity index (χ0n) is 18.4. The van der Waals surface area contributed by atoms with Crippen molar-refractivity contribution in [1.29, 1.82) is 0 Å². The summed E-state index contributed by atoms with van der Waals surface area (Å²) >= 11 is 0. The second-order valence-electron chi connectivity index (χ2n) is 9.96. The van der Waals surface area contributed by atoms with Gasteiger partial charge in [0.05, 0.1) is 0 Å². The Morgan fingerprint density at radius 2 is 1.36 bits per heavy atom. The first-order valence-electron chi connectivity index (χ1n) is 11.7. The fourth-order valence-corrected chi connectivity index (χ4v) is 4.59. The number of carbonyl (C=O) groups is 1. The van der Waals surface area contributed by atoms with Crippen LogP contribution in [0.15, 0.2) is 12.1 Å². The monoisotopic (exact) mass is 384 g/mol. The van der Waals surface area contributed by atoms with Gasteiger partial charge in [-0.2, -0.15) is 0 Å². The van der Waals surface area contributed by atoms with Crippen molar-refractivity contribution in [2.75, 3.05) is 0 Å². The van der Waals surface area contributed by atoms with E-state index in [1.54, 1.807) is 5.56 Å². The first-order chi connectivity index (χ1) is 13.5. The third-order valence-corrected chi connectivity index (χ3v) is 7.53. The largest absolute Gasteiger partial charge is 0.461 e. The fourth-order valence-electron chi connectivity index (χ4n) is 4.59. The molecule has 0 atom stereocenters. The van der Waals surface area contributed by atoms with E-state index >= 15 is 0 Å². The molecule has 0 aliphatic heterocycles. The number of aryl methyl sites for hydroxylation is 2. The molecule has 2 fully saturated rings. The van der Waals surface area contributed by atoms with Crippen molar-refractivity contribution >= 4 is 6.47 Å². The van der Waals surface area contributed by atoms with Crippen molar-refractivity contribution in [3.63, 3.8) is 0 Å². The van der Waals surface area contributed by atoms with Crippen LogP contribution in [-0.4, -0.2) is 12.1 Å². The molecule has 0 aromatic heterocycles. The molecule has 0 N–H and O–H groups in total. The number of rotatable bonds is 14. The summed E-state index contributed by atoms with van der Waals surface area (Å²) in [5.74, 6) is 0. The van der Waals surface area contributed by atoms with Gasteiger partial charge in [-0.25, -0.2) is 0 Å². The highest BCUT2D eigenvalue weighted by Gasteiger charge is 2.44. The van der Waals surface area contributed by atoms with Gasteiger partial charge in [-0.3, -0.25) is 4.79 Å². The molecule has 0 saturated heterocycles. The number of hydrogen-bond donors (Lipinski definition) is 0. The first-order valence-corrected chi connectivity index (χ1v) is 11.7. The van der Waals surface area contributed by atoms with E-state index in [0.29, 0.717) is 6.47 Å².